The second-order valence-electron chi connectivity index (χ2n) is 19.7. The summed E-state index contributed by atoms with van der Waals surface area (Å²) in [6, 6.07) is 44.8. The summed E-state index contributed by atoms with van der Waals surface area (Å²) in [4.78, 5) is 78.2. The number of aromatic nitrogens is 6. The van der Waals surface area contributed by atoms with Gasteiger partial charge in [-0.2, -0.15) is 0 Å². The molecule has 3 aromatic heterocycles. The van der Waals surface area contributed by atoms with Crippen LogP contribution in [0.5, 0.6) is 0 Å². The number of anilines is 2. The van der Waals surface area contributed by atoms with Crippen LogP contribution in [0.1, 0.15) is 78.5 Å². The normalized spacial score (nSPS) is 15.0. The van der Waals surface area contributed by atoms with Crippen molar-refractivity contribution in [2.45, 2.75) is 64.1 Å². The van der Waals surface area contributed by atoms with Gasteiger partial charge in [0.05, 0.1) is 95.9 Å². The zero-order valence-electron chi connectivity index (χ0n) is 51.1. The number of carbonyl (C=O) groups is 4. The Morgan fingerprint density at radius 3 is 1.30 bits per heavy atom. The Bertz CT molecular complexity index is 3750. The van der Waals surface area contributed by atoms with Crippen molar-refractivity contribution in [2.24, 2.45) is 0 Å². The predicted molar refractivity (Wildman–Crippen MR) is 330 cm³/mol. The smallest absolute Gasteiger partial charge is 1.00 e. The largest absolute Gasteiger partial charge is 1.00 e. The number of fused-ring (bicyclic) bond motifs is 3. The number of hydrogen-bond acceptors (Lipinski definition) is 21. The van der Waals surface area contributed by atoms with Gasteiger partial charge in [-0.1, -0.05) is 110 Å². The van der Waals surface area contributed by atoms with Crippen LogP contribution >= 0.6 is 11.6 Å². The number of aliphatic hydroxyl groups excluding tert-OH is 3. The molecule has 90 heavy (non-hydrogen) atoms. The maximum absolute atomic E-state index is 11.9. The summed E-state index contributed by atoms with van der Waals surface area (Å²) in [6.07, 6.45) is 6.18. The molecule has 3 fully saturated rings. The van der Waals surface area contributed by atoms with Gasteiger partial charge in [0.2, 0.25) is 0 Å². The maximum atomic E-state index is 11.9. The van der Waals surface area contributed by atoms with E-state index < -0.39 is 17.9 Å². The first kappa shape index (κ1) is 79.4. The molecule has 6 heterocycles. The van der Waals surface area contributed by atoms with Crippen molar-refractivity contribution in [3.63, 3.8) is 0 Å². The zero-order chi connectivity index (χ0) is 60.2. The van der Waals surface area contributed by atoms with Crippen molar-refractivity contribution in [1.29, 1.82) is 0 Å². The number of ether oxygens (including phenoxy) is 2. The van der Waals surface area contributed by atoms with Crippen LogP contribution < -0.4 is 153 Å². The Morgan fingerprint density at radius 1 is 0.578 bits per heavy atom. The molecule has 0 aliphatic carbocycles. The first-order valence-corrected chi connectivity index (χ1v) is 27.8. The summed E-state index contributed by atoms with van der Waals surface area (Å²) in [7, 11) is 2.70. The van der Waals surface area contributed by atoms with Crippen molar-refractivity contribution in [1.82, 2.24) is 35.2 Å². The number of halogens is 1. The van der Waals surface area contributed by atoms with E-state index in [1.165, 1.54) is 20.6 Å². The van der Waals surface area contributed by atoms with E-state index in [1.54, 1.807) is 54.6 Å². The molecule has 3 atom stereocenters. The van der Waals surface area contributed by atoms with E-state index in [2.05, 4.69) is 34.7 Å². The van der Waals surface area contributed by atoms with Gasteiger partial charge < -0.3 is 62.1 Å². The van der Waals surface area contributed by atoms with Gasteiger partial charge >= 0.3 is 150 Å². The van der Waals surface area contributed by atoms with E-state index >= 15 is 0 Å². The number of nitrogens with one attached hydrogen (secondary N) is 1. The molecule has 3 aliphatic rings. The summed E-state index contributed by atoms with van der Waals surface area (Å²) in [6.45, 7) is 2.97. The molecular formula is C64H69ClK2N9NaO13. The fraction of sp³-hybridized carbons (Fsp3) is 0.281. The minimum Gasteiger partial charge on any atom is -1.00 e. The standard InChI is InChI=1S/C21H21N3O3.C20H19N3O3.C16H11ClN2O2.C5H11NO.CH2O3.CH4.2K.Na.H2O.H/c1-27-21(26)15-9-10-17-18(12-15)23-20(24-11-5-8-16(24)13-25)19(22-17)14-6-3-2-4-7-14;24-12-15-7-4-10-23(15)19-18(13-5-2-1-3-6-13)21-16-9-8-14(20(25)26)11-17(16)22-19;1-21-16(20)11-7-8-12-13(9-11)19-15(17)14(18-12)10-5-3-2-4-6-10;7-4-5-2-1-3-6-5;2-1-4-3;;;;;;/h2-4,6-7,9-10,12,16,25H,5,8,11,13H2,1H3;1-3,5-6,8-9,11,15,24H,4,7,10,12H2,(H,25,26);2-9H,1H3;5-7H,1-4H2;1,3H;1H4;;;;1H2;/q;;;;;;3*+1;;-1/p-2/t16-;15-;;5-;;;;;;;/m11.1......./s1. The van der Waals surface area contributed by atoms with Gasteiger partial charge in [0.25, 0.3) is 6.47 Å². The third-order valence-corrected chi connectivity index (χ3v) is 14.5. The van der Waals surface area contributed by atoms with Gasteiger partial charge in [-0.3, -0.25) is 4.79 Å². The SMILES string of the molecule is C.COC(=O)c1ccc2nc(-c3ccccc3)c(Cl)nc2c1.COC(=O)c1ccc2nc(-c3ccccc3)c(N3CCC[C@@H]3CO)nc2c1.O=C(O)c1ccc2nc(-c3ccccc3)c(N3CCC[C@@H]3CO)nc2c1.O=CO[O-].OC[C@H]1CCCN1.[H-].[K+].[K+].[Na+].[OH-]. The van der Waals surface area contributed by atoms with Crippen LogP contribution in [0, 0.1) is 0 Å². The van der Waals surface area contributed by atoms with Crippen LogP contribution in [0.2, 0.25) is 5.15 Å². The Morgan fingerprint density at radius 2 is 0.956 bits per heavy atom. The van der Waals surface area contributed by atoms with Gasteiger partial charge in [-0.05, 0) is 99.7 Å². The van der Waals surface area contributed by atoms with Gasteiger partial charge in [-0.25, -0.2) is 44.3 Å². The molecule has 3 saturated heterocycles. The number of aliphatic hydroxyl groups is 3. The molecule has 0 saturated carbocycles. The molecule has 9 aromatic rings. The van der Waals surface area contributed by atoms with Gasteiger partial charge in [0.15, 0.2) is 16.8 Å². The third kappa shape index (κ3) is 20.8. The fourth-order valence-electron chi connectivity index (χ4n) is 10.0. The maximum Gasteiger partial charge on any atom is 1.00 e. The molecule has 0 radical (unpaired) electrons. The molecule has 3 aliphatic heterocycles. The van der Waals surface area contributed by atoms with E-state index in [4.69, 9.17) is 51.4 Å². The van der Waals surface area contributed by atoms with E-state index in [9.17, 15) is 29.7 Å². The number of hydrogen-bond donors (Lipinski definition) is 5. The van der Waals surface area contributed by atoms with Gasteiger partial charge in [0, 0.05) is 35.8 Å². The summed E-state index contributed by atoms with van der Waals surface area (Å²) in [5.74, 6) is -0.365. The van der Waals surface area contributed by atoms with Crippen molar-refractivity contribution < 1.29 is 198 Å². The van der Waals surface area contributed by atoms with Crippen molar-refractivity contribution in [3.05, 3.63) is 167 Å². The number of rotatable bonds is 12. The average Bonchev–Trinajstić information content (AvgIpc) is 1.97. The molecule has 26 heteroatoms. The Balaban J connectivity index is 0.000000417. The summed E-state index contributed by atoms with van der Waals surface area (Å²) < 4.78 is 9.50. The number of carbonyl (C=O) groups excluding carboxylic acids is 3. The van der Waals surface area contributed by atoms with Crippen LogP contribution in [0.3, 0.4) is 0 Å². The van der Waals surface area contributed by atoms with Crippen LogP contribution in [0.4, 0.5) is 11.6 Å². The summed E-state index contributed by atoms with van der Waals surface area (Å²) in [5, 5.41) is 49.1. The first-order chi connectivity index (χ1) is 41.4. The van der Waals surface area contributed by atoms with Crippen LogP contribution in [-0.4, -0.2) is 152 Å². The first-order valence-electron chi connectivity index (χ1n) is 27.4. The van der Waals surface area contributed by atoms with Crippen LogP contribution in [0.15, 0.2) is 146 Å². The summed E-state index contributed by atoms with van der Waals surface area (Å²) in [5.41, 5.74) is 9.80. The number of esters is 2. The molecule has 458 valence electrons. The molecule has 0 bridgehead atoms. The fourth-order valence-corrected chi connectivity index (χ4v) is 10.3. The number of aromatic carboxylic acids is 1. The molecule has 12 rings (SSSR count). The van der Waals surface area contributed by atoms with Crippen molar-refractivity contribution >= 4 is 80.7 Å². The van der Waals surface area contributed by atoms with E-state index in [0.717, 1.165) is 85.6 Å². The Hall–Kier alpha value is -4.86. The molecule has 22 nitrogen and oxygen atoms in total. The third-order valence-electron chi connectivity index (χ3n) is 14.3. The van der Waals surface area contributed by atoms with Gasteiger partial charge in [-0.15, -0.1) is 0 Å². The molecule has 6 aromatic carbocycles. The molecule has 0 unspecified atom stereocenters. The number of methoxy groups -OCH3 is 2. The summed E-state index contributed by atoms with van der Waals surface area (Å²) >= 11 is 6.21. The average molecular weight is 1310 g/mol. The zero-order valence-corrected chi connectivity index (χ0v) is 59.1. The topological polar surface area (TPSA) is 326 Å². The number of carboxylic acids is 1. The molecule has 0 amide bonds. The second kappa shape index (κ2) is 40.3. The van der Waals surface area contributed by atoms with Crippen LogP contribution in [0.25, 0.3) is 66.9 Å². The van der Waals surface area contributed by atoms with Crippen molar-refractivity contribution in [3.8, 4) is 33.8 Å². The second-order valence-corrected chi connectivity index (χ2v) is 20.0. The van der Waals surface area contributed by atoms with E-state index in [-0.39, 0.29) is 184 Å². The molecule has 6 N–H and O–H groups in total. The molecule has 0 spiro atoms. The van der Waals surface area contributed by atoms with Crippen LogP contribution in [-0.2, 0) is 19.2 Å². The van der Waals surface area contributed by atoms with E-state index in [0.29, 0.717) is 73.5 Å². The monoisotopic (exact) mass is 1310 g/mol. The minimum atomic E-state index is -0.989. The number of benzene rings is 6. The van der Waals surface area contributed by atoms with Gasteiger partial charge in [0.1, 0.15) is 17.1 Å². The van der Waals surface area contributed by atoms with E-state index in [1.807, 2.05) is 91.0 Å². The number of nitrogens with zero attached hydrogens (tertiary/aromatic N) is 8. The Labute approximate surface area is 635 Å². The number of carboxylic acid groups (broad SMARTS) is 1. The quantitative estimate of drug-likeness (QED) is 0.0338. The predicted octanol–water partition coefficient (Wildman–Crippen LogP) is -0.513. The minimum absolute atomic E-state index is 0. The molecular weight excluding hydrogens is 1240 g/mol. The van der Waals surface area contributed by atoms with Crippen molar-refractivity contribution in [2.75, 3.05) is 63.5 Å². The Kier molecular flexibility index (Phi) is 35.5.